The van der Waals surface area contributed by atoms with E-state index in [4.69, 9.17) is 4.74 Å². The smallest absolute Gasteiger partial charge is 0.222 e. The number of aryl methyl sites for hydroxylation is 1. The van der Waals surface area contributed by atoms with Crippen molar-refractivity contribution in [3.63, 3.8) is 0 Å². The van der Waals surface area contributed by atoms with Gasteiger partial charge in [-0.25, -0.2) is 4.68 Å². The highest BCUT2D eigenvalue weighted by atomic mass is 19.1. The second kappa shape index (κ2) is 6.86. The number of halogens is 1. The van der Waals surface area contributed by atoms with Crippen LogP contribution in [0.5, 0.6) is 5.75 Å². The minimum atomic E-state index is -0.431. The summed E-state index contributed by atoms with van der Waals surface area (Å²) in [6.45, 7) is 2.50. The van der Waals surface area contributed by atoms with Gasteiger partial charge in [-0.15, -0.1) is 0 Å². The predicted molar refractivity (Wildman–Crippen MR) is 106 cm³/mol. The van der Waals surface area contributed by atoms with Crippen molar-refractivity contribution in [3.05, 3.63) is 30.5 Å². The molecule has 1 unspecified atom stereocenters. The van der Waals surface area contributed by atoms with Crippen LogP contribution in [0.2, 0.25) is 0 Å². The fourth-order valence-electron chi connectivity index (χ4n) is 4.11. The molecule has 1 saturated carbocycles. The molecule has 1 N–H and O–H groups in total. The molecular formula is C21H24FN5O2. The van der Waals surface area contributed by atoms with Crippen molar-refractivity contribution < 1.29 is 13.9 Å². The Bertz CT molecular complexity index is 1080. The van der Waals surface area contributed by atoms with Crippen LogP contribution < -0.4 is 10.1 Å². The molecule has 7 nitrogen and oxygen atoms in total. The third-order valence-electron chi connectivity index (χ3n) is 6.20. The van der Waals surface area contributed by atoms with Gasteiger partial charge in [-0.3, -0.25) is 9.48 Å². The van der Waals surface area contributed by atoms with Crippen LogP contribution in [-0.2, 0) is 11.8 Å². The molecule has 2 atom stereocenters. The van der Waals surface area contributed by atoms with E-state index in [2.05, 4.69) is 15.5 Å². The van der Waals surface area contributed by atoms with Gasteiger partial charge in [0.25, 0.3) is 0 Å². The molecule has 3 aromatic rings. The predicted octanol–water partition coefficient (Wildman–Crippen LogP) is 3.20. The molecule has 0 radical (unpaired) electrons. The van der Waals surface area contributed by atoms with Crippen LogP contribution in [0.3, 0.4) is 0 Å². The SMILES string of the molecule is CC(Oc1cc(-c2cnn(C3CCC3)c2)cc2nn(C)c(F)c12)[C@H]1CNC(=O)C1. The number of aromatic nitrogens is 4. The Hall–Kier alpha value is -2.90. The van der Waals surface area contributed by atoms with Crippen LogP contribution in [0.4, 0.5) is 4.39 Å². The Morgan fingerprint density at radius 3 is 2.83 bits per heavy atom. The van der Waals surface area contributed by atoms with Crippen LogP contribution in [0.25, 0.3) is 22.0 Å². The number of carbonyl (C=O) groups is 1. The summed E-state index contributed by atoms with van der Waals surface area (Å²) in [6, 6.07) is 4.21. The van der Waals surface area contributed by atoms with E-state index in [-0.39, 0.29) is 17.9 Å². The van der Waals surface area contributed by atoms with E-state index in [1.54, 1.807) is 7.05 Å². The van der Waals surface area contributed by atoms with Crippen molar-refractivity contribution in [3.8, 4) is 16.9 Å². The maximum Gasteiger partial charge on any atom is 0.222 e. The largest absolute Gasteiger partial charge is 0.489 e. The lowest BCUT2D eigenvalue weighted by atomic mass is 9.93. The van der Waals surface area contributed by atoms with Gasteiger partial charge in [0.05, 0.1) is 23.1 Å². The number of amides is 1. The summed E-state index contributed by atoms with van der Waals surface area (Å²) in [5, 5.41) is 12.0. The second-order valence-corrected chi connectivity index (χ2v) is 8.17. The lowest BCUT2D eigenvalue weighted by Crippen LogP contribution is -2.25. The van der Waals surface area contributed by atoms with E-state index >= 15 is 0 Å². The average molecular weight is 397 g/mol. The topological polar surface area (TPSA) is 74.0 Å². The Balaban J connectivity index is 1.52. The Morgan fingerprint density at radius 1 is 1.31 bits per heavy atom. The molecule has 2 aliphatic rings. The first-order valence-electron chi connectivity index (χ1n) is 10.1. The third kappa shape index (κ3) is 3.16. The standard InChI is InChI=1S/C21H24FN5O2/c1-12(14-8-19(28)23-9-14)29-18-7-13(6-17-20(18)21(22)26(2)25-17)15-10-24-27(11-15)16-4-3-5-16/h6-7,10-12,14,16H,3-5,8-9H2,1-2H3,(H,23,28)/t12?,14-/m1/s1. The van der Waals surface area contributed by atoms with Crippen molar-refractivity contribution in [2.24, 2.45) is 13.0 Å². The number of nitrogens with one attached hydrogen (secondary N) is 1. The van der Waals surface area contributed by atoms with E-state index in [9.17, 15) is 9.18 Å². The van der Waals surface area contributed by atoms with E-state index in [1.807, 2.05) is 36.1 Å². The van der Waals surface area contributed by atoms with E-state index < -0.39 is 5.95 Å². The quantitative estimate of drug-likeness (QED) is 0.718. The van der Waals surface area contributed by atoms with Crippen molar-refractivity contribution >= 4 is 16.8 Å². The number of ether oxygens (including phenoxy) is 1. The molecule has 3 heterocycles. The second-order valence-electron chi connectivity index (χ2n) is 8.17. The van der Waals surface area contributed by atoms with E-state index in [0.29, 0.717) is 35.7 Å². The van der Waals surface area contributed by atoms with Crippen LogP contribution >= 0.6 is 0 Å². The zero-order chi connectivity index (χ0) is 20.1. The van der Waals surface area contributed by atoms with Gasteiger partial charge in [0.1, 0.15) is 11.9 Å². The molecule has 8 heteroatoms. The van der Waals surface area contributed by atoms with Crippen LogP contribution in [0, 0.1) is 11.9 Å². The highest BCUT2D eigenvalue weighted by Gasteiger charge is 2.29. The highest BCUT2D eigenvalue weighted by Crippen LogP contribution is 2.37. The van der Waals surface area contributed by atoms with Crippen LogP contribution in [-0.4, -0.2) is 38.1 Å². The molecule has 2 aromatic heterocycles. The summed E-state index contributed by atoms with van der Waals surface area (Å²) >= 11 is 0. The maximum absolute atomic E-state index is 14.7. The summed E-state index contributed by atoms with van der Waals surface area (Å²) in [4.78, 5) is 11.6. The van der Waals surface area contributed by atoms with Crippen molar-refractivity contribution in [1.82, 2.24) is 24.9 Å². The molecule has 5 rings (SSSR count). The molecule has 29 heavy (non-hydrogen) atoms. The summed E-state index contributed by atoms with van der Waals surface area (Å²) < 4.78 is 24.2. The van der Waals surface area contributed by atoms with Gasteiger partial charge in [0.2, 0.25) is 11.9 Å². The maximum atomic E-state index is 14.7. The van der Waals surface area contributed by atoms with Crippen molar-refractivity contribution in [2.75, 3.05) is 6.54 Å². The molecule has 1 aliphatic carbocycles. The molecule has 2 fully saturated rings. The molecule has 0 bridgehead atoms. The molecule has 1 aliphatic heterocycles. The fourth-order valence-corrected chi connectivity index (χ4v) is 4.11. The summed E-state index contributed by atoms with van der Waals surface area (Å²) in [5.41, 5.74) is 2.39. The van der Waals surface area contributed by atoms with Crippen molar-refractivity contribution in [1.29, 1.82) is 0 Å². The number of rotatable bonds is 5. The van der Waals surface area contributed by atoms with Gasteiger partial charge in [0, 0.05) is 37.7 Å². The number of carbonyl (C=O) groups excluding carboxylic acids is 1. The summed E-state index contributed by atoms with van der Waals surface area (Å²) in [5.74, 6) is 0.105. The fraction of sp³-hybridized carbons (Fsp3) is 0.476. The lowest BCUT2D eigenvalue weighted by molar-refractivity contribution is -0.119. The Morgan fingerprint density at radius 2 is 2.14 bits per heavy atom. The summed E-state index contributed by atoms with van der Waals surface area (Å²) in [7, 11) is 1.58. The first kappa shape index (κ1) is 18.1. The number of nitrogens with zero attached hydrogens (tertiary/aromatic N) is 4. The number of benzene rings is 1. The van der Waals surface area contributed by atoms with Crippen LogP contribution in [0.15, 0.2) is 24.5 Å². The van der Waals surface area contributed by atoms with E-state index in [1.165, 1.54) is 11.1 Å². The molecule has 152 valence electrons. The highest BCUT2D eigenvalue weighted by molar-refractivity contribution is 5.90. The normalized spacial score (nSPS) is 20.7. The lowest BCUT2D eigenvalue weighted by Gasteiger charge is -2.25. The Labute approximate surface area is 167 Å². The molecule has 1 saturated heterocycles. The first-order chi connectivity index (χ1) is 14.0. The molecular weight excluding hydrogens is 373 g/mol. The Kier molecular flexibility index (Phi) is 4.29. The van der Waals surface area contributed by atoms with Gasteiger partial charge in [-0.2, -0.15) is 14.6 Å². The minimum absolute atomic E-state index is 0.0281. The molecule has 1 amide bonds. The molecule has 1 aromatic carbocycles. The van der Waals surface area contributed by atoms with Gasteiger partial charge in [-0.1, -0.05) is 0 Å². The van der Waals surface area contributed by atoms with Gasteiger partial charge in [0.15, 0.2) is 0 Å². The van der Waals surface area contributed by atoms with E-state index in [0.717, 1.165) is 24.0 Å². The monoisotopic (exact) mass is 397 g/mol. The zero-order valence-corrected chi connectivity index (χ0v) is 16.6. The summed E-state index contributed by atoms with van der Waals surface area (Å²) in [6.07, 6.45) is 7.63. The van der Waals surface area contributed by atoms with Crippen LogP contribution in [0.1, 0.15) is 38.6 Å². The third-order valence-corrected chi connectivity index (χ3v) is 6.20. The first-order valence-corrected chi connectivity index (χ1v) is 10.1. The van der Waals surface area contributed by atoms with Gasteiger partial charge >= 0.3 is 0 Å². The van der Waals surface area contributed by atoms with Gasteiger partial charge in [-0.05, 0) is 43.9 Å². The average Bonchev–Trinajstić information content (AvgIpc) is 3.34. The number of fused-ring (bicyclic) bond motifs is 1. The zero-order valence-electron chi connectivity index (χ0n) is 16.6. The van der Waals surface area contributed by atoms with Crippen molar-refractivity contribution in [2.45, 2.75) is 44.8 Å². The minimum Gasteiger partial charge on any atom is -0.489 e. The number of hydrogen-bond donors (Lipinski definition) is 1. The molecule has 0 spiro atoms. The van der Waals surface area contributed by atoms with Gasteiger partial charge < -0.3 is 10.1 Å². The number of hydrogen-bond acceptors (Lipinski definition) is 4.